The molecular formula is C20H24ClN5O3. The molecule has 3 heterocycles. The van der Waals surface area contributed by atoms with E-state index < -0.39 is 0 Å². The topological polar surface area (TPSA) is 85.0 Å². The number of piperazine rings is 1. The fraction of sp³-hybridized carbons (Fsp3) is 0.450. The number of anilines is 2. The van der Waals surface area contributed by atoms with Crippen molar-refractivity contribution in [2.24, 2.45) is 0 Å². The summed E-state index contributed by atoms with van der Waals surface area (Å²) in [6, 6.07) is 3.86. The number of likely N-dealkylation sites (tertiary alicyclic amines) is 1. The molecule has 3 amide bonds. The largest absolute Gasteiger partial charge is 0.374 e. The zero-order chi connectivity index (χ0) is 20.5. The van der Waals surface area contributed by atoms with E-state index in [2.05, 4.69) is 22.1 Å². The van der Waals surface area contributed by atoms with Crippen LogP contribution in [0.2, 0.25) is 5.02 Å². The van der Waals surface area contributed by atoms with Gasteiger partial charge < -0.3 is 20.4 Å². The van der Waals surface area contributed by atoms with Crippen LogP contribution in [-0.2, 0) is 20.8 Å². The van der Waals surface area contributed by atoms with Crippen LogP contribution in [0, 0.1) is 0 Å². The zero-order valence-corrected chi connectivity index (χ0v) is 16.9. The Kier molecular flexibility index (Phi) is 5.47. The monoisotopic (exact) mass is 417 g/mol. The lowest BCUT2D eigenvalue weighted by atomic mass is 10.1. The fourth-order valence-corrected chi connectivity index (χ4v) is 4.30. The van der Waals surface area contributed by atoms with Gasteiger partial charge in [-0.3, -0.25) is 19.3 Å². The minimum atomic E-state index is -0.0721. The van der Waals surface area contributed by atoms with Crippen LogP contribution in [0.1, 0.15) is 5.56 Å². The molecule has 2 N–H and O–H groups in total. The maximum atomic E-state index is 12.6. The fourth-order valence-electron chi connectivity index (χ4n) is 4.06. The van der Waals surface area contributed by atoms with Gasteiger partial charge in [-0.1, -0.05) is 18.2 Å². The van der Waals surface area contributed by atoms with Crippen molar-refractivity contribution in [3.05, 3.63) is 35.4 Å². The summed E-state index contributed by atoms with van der Waals surface area (Å²) in [6.07, 6.45) is 1.65. The number of amides is 3. The molecule has 0 unspecified atom stereocenters. The van der Waals surface area contributed by atoms with E-state index in [1.165, 1.54) is 6.08 Å². The van der Waals surface area contributed by atoms with Crippen LogP contribution in [0.15, 0.2) is 24.8 Å². The standard InChI is InChI=1S/C20H24ClN5O3/c1-2-18(28)26-11-15(12-26)24-3-5-25(6-4-24)19(29)10-22-16-9-14(21)7-13-8-17(27)23-20(13)16/h2,7,9,15,22H,1,3-6,8,10-12H2,(H,23,27). The number of hydrogen-bond donors (Lipinski definition) is 2. The van der Waals surface area contributed by atoms with Crippen LogP contribution >= 0.6 is 11.6 Å². The van der Waals surface area contributed by atoms with Gasteiger partial charge in [0.05, 0.1) is 24.3 Å². The second-order valence-corrected chi connectivity index (χ2v) is 8.02. The Morgan fingerprint density at radius 2 is 1.93 bits per heavy atom. The second-order valence-electron chi connectivity index (χ2n) is 7.58. The predicted molar refractivity (Wildman–Crippen MR) is 111 cm³/mol. The molecule has 2 fully saturated rings. The van der Waals surface area contributed by atoms with Crippen LogP contribution in [-0.4, -0.2) is 84.3 Å². The SMILES string of the molecule is C=CC(=O)N1CC(N2CCN(C(=O)CNc3cc(Cl)cc4c3NC(=O)C4)CC2)C1. The lowest BCUT2D eigenvalue weighted by Gasteiger charge is -2.47. The quantitative estimate of drug-likeness (QED) is 0.692. The predicted octanol–water partition coefficient (Wildman–Crippen LogP) is 0.787. The smallest absolute Gasteiger partial charge is 0.246 e. The van der Waals surface area contributed by atoms with Gasteiger partial charge in [-0.2, -0.15) is 0 Å². The summed E-state index contributed by atoms with van der Waals surface area (Å²) in [4.78, 5) is 41.8. The average molecular weight is 418 g/mol. The molecule has 2 saturated heterocycles. The lowest BCUT2D eigenvalue weighted by Crippen LogP contribution is -2.64. The lowest BCUT2D eigenvalue weighted by molar-refractivity contribution is -0.135. The molecule has 0 atom stereocenters. The summed E-state index contributed by atoms with van der Waals surface area (Å²) in [5, 5.41) is 6.48. The van der Waals surface area contributed by atoms with Gasteiger partial charge in [-0.25, -0.2) is 0 Å². The maximum Gasteiger partial charge on any atom is 0.246 e. The molecule has 4 rings (SSSR count). The second kappa shape index (κ2) is 8.04. The van der Waals surface area contributed by atoms with Crippen molar-refractivity contribution in [1.82, 2.24) is 14.7 Å². The molecule has 154 valence electrons. The van der Waals surface area contributed by atoms with Crippen molar-refractivity contribution in [3.63, 3.8) is 0 Å². The van der Waals surface area contributed by atoms with Gasteiger partial charge >= 0.3 is 0 Å². The molecule has 0 aromatic heterocycles. The van der Waals surface area contributed by atoms with E-state index in [-0.39, 0.29) is 24.3 Å². The van der Waals surface area contributed by atoms with Crippen molar-refractivity contribution in [2.75, 3.05) is 56.4 Å². The highest BCUT2D eigenvalue weighted by atomic mass is 35.5. The van der Waals surface area contributed by atoms with Gasteiger partial charge in [0, 0.05) is 50.3 Å². The van der Waals surface area contributed by atoms with E-state index >= 15 is 0 Å². The normalized spacial score (nSPS) is 19.4. The molecule has 0 aliphatic carbocycles. The number of nitrogens with one attached hydrogen (secondary N) is 2. The highest BCUT2D eigenvalue weighted by Gasteiger charge is 2.35. The molecule has 0 radical (unpaired) electrons. The van der Waals surface area contributed by atoms with Crippen LogP contribution in [0.3, 0.4) is 0 Å². The Bertz CT molecular complexity index is 860. The van der Waals surface area contributed by atoms with Crippen molar-refractivity contribution in [3.8, 4) is 0 Å². The van der Waals surface area contributed by atoms with Gasteiger partial charge in [-0.05, 0) is 23.8 Å². The first-order valence-electron chi connectivity index (χ1n) is 9.74. The van der Waals surface area contributed by atoms with Crippen molar-refractivity contribution < 1.29 is 14.4 Å². The molecule has 0 spiro atoms. The highest BCUT2D eigenvalue weighted by Crippen LogP contribution is 2.34. The third kappa shape index (κ3) is 4.09. The van der Waals surface area contributed by atoms with Crippen LogP contribution in [0.5, 0.6) is 0 Å². The summed E-state index contributed by atoms with van der Waals surface area (Å²) < 4.78 is 0. The number of halogens is 1. The van der Waals surface area contributed by atoms with Crippen LogP contribution < -0.4 is 10.6 Å². The summed E-state index contributed by atoms with van der Waals surface area (Å²) in [7, 11) is 0. The number of carbonyl (C=O) groups excluding carboxylic acids is 3. The van der Waals surface area contributed by atoms with E-state index in [9.17, 15) is 14.4 Å². The van der Waals surface area contributed by atoms with E-state index in [0.29, 0.717) is 41.9 Å². The average Bonchev–Trinajstić information content (AvgIpc) is 3.05. The number of nitrogens with zero attached hydrogens (tertiary/aromatic N) is 3. The molecular weight excluding hydrogens is 394 g/mol. The maximum absolute atomic E-state index is 12.6. The Labute approximate surface area is 174 Å². The van der Waals surface area contributed by atoms with Crippen molar-refractivity contribution >= 4 is 40.7 Å². The third-order valence-corrected chi connectivity index (χ3v) is 5.98. The van der Waals surface area contributed by atoms with Gasteiger partial charge in [-0.15, -0.1) is 0 Å². The molecule has 29 heavy (non-hydrogen) atoms. The minimum absolute atomic E-state index is 0.0137. The zero-order valence-electron chi connectivity index (χ0n) is 16.1. The molecule has 3 aliphatic rings. The van der Waals surface area contributed by atoms with Crippen LogP contribution in [0.4, 0.5) is 11.4 Å². The number of benzene rings is 1. The van der Waals surface area contributed by atoms with Gasteiger partial charge in [0.15, 0.2) is 0 Å². The molecule has 0 saturated carbocycles. The van der Waals surface area contributed by atoms with Gasteiger partial charge in [0.1, 0.15) is 0 Å². The van der Waals surface area contributed by atoms with Crippen molar-refractivity contribution in [1.29, 1.82) is 0 Å². The Morgan fingerprint density at radius 1 is 1.21 bits per heavy atom. The van der Waals surface area contributed by atoms with E-state index in [1.807, 2.05) is 4.90 Å². The molecule has 1 aromatic carbocycles. The van der Waals surface area contributed by atoms with Gasteiger partial charge in [0.25, 0.3) is 0 Å². The summed E-state index contributed by atoms with van der Waals surface area (Å²) in [5.74, 6) is -0.0817. The van der Waals surface area contributed by atoms with Crippen LogP contribution in [0.25, 0.3) is 0 Å². The van der Waals surface area contributed by atoms with Gasteiger partial charge in [0.2, 0.25) is 17.7 Å². The van der Waals surface area contributed by atoms with Crippen molar-refractivity contribution in [2.45, 2.75) is 12.5 Å². The van der Waals surface area contributed by atoms with E-state index in [1.54, 1.807) is 17.0 Å². The molecule has 9 heteroatoms. The number of fused-ring (bicyclic) bond motifs is 1. The number of hydrogen-bond acceptors (Lipinski definition) is 5. The van der Waals surface area contributed by atoms with E-state index in [4.69, 9.17) is 11.6 Å². The van der Waals surface area contributed by atoms with E-state index in [0.717, 1.165) is 31.7 Å². The number of rotatable bonds is 5. The molecule has 1 aromatic rings. The summed E-state index contributed by atoms with van der Waals surface area (Å²) >= 11 is 6.13. The molecule has 8 nitrogen and oxygen atoms in total. The Hall–Kier alpha value is -2.58. The third-order valence-electron chi connectivity index (χ3n) is 5.76. The first-order chi connectivity index (χ1) is 13.9. The molecule has 3 aliphatic heterocycles. The minimum Gasteiger partial charge on any atom is -0.374 e. The summed E-state index contributed by atoms with van der Waals surface area (Å²) in [5.41, 5.74) is 2.22. The Morgan fingerprint density at radius 3 is 2.62 bits per heavy atom. The first-order valence-corrected chi connectivity index (χ1v) is 10.1. The summed E-state index contributed by atoms with van der Waals surface area (Å²) in [6.45, 7) is 8.05. The highest BCUT2D eigenvalue weighted by molar-refractivity contribution is 6.31. The Balaban J connectivity index is 1.26. The first kappa shape index (κ1) is 19.7. The number of carbonyl (C=O) groups is 3. The molecule has 0 bridgehead atoms.